The highest BCUT2D eigenvalue weighted by atomic mass is 19.1. The molecule has 1 aromatic carbocycles. The van der Waals surface area contributed by atoms with E-state index in [4.69, 9.17) is 9.47 Å². The fourth-order valence-electron chi connectivity index (χ4n) is 1.15. The summed E-state index contributed by atoms with van der Waals surface area (Å²) in [6.45, 7) is 3.07. The maximum absolute atomic E-state index is 11.9. The van der Waals surface area contributed by atoms with Crippen LogP contribution >= 0.6 is 0 Å². The first-order valence-corrected chi connectivity index (χ1v) is 4.03. The molecule has 0 saturated carbocycles. The Hall–Kier alpha value is -1.25. The molecule has 72 valence electrons. The van der Waals surface area contributed by atoms with Gasteiger partial charge in [0.1, 0.15) is 11.5 Å². The normalized spacial score (nSPS) is 9.85. The fourth-order valence-corrected chi connectivity index (χ4v) is 1.15. The maximum Gasteiger partial charge on any atom is 0.228 e. The molecule has 0 amide bonds. The highest BCUT2D eigenvalue weighted by Gasteiger charge is 2.04. The van der Waals surface area contributed by atoms with Crippen LogP contribution in [0.5, 0.6) is 11.5 Å². The van der Waals surface area contributed by atoms with Gasteiger partial charge in [-0.2, -0.15) is 0 Å². The molecule has 0 aliphatic heterocycles. The van der Waals surface area contributed by atoms with Gasteiger partial charge in [-0.15, -0.1) is 0 Å². The van der Waals surface area contributed by atoms with Crippen LogP contribution < -0.4 is 9.47 Å². The summed E-state index contributed by atoms with van der Waals surface area (Å²) in [6, 6.07) is 3.47. The van der Waals surface area contributed by atoms with Crippen molar-refractivity contribution in [3.63, 3.8) is 0 Å². The molecule has 0 radical (unpaired) electrons. The van der Waals surface area contributed by atoms with Crippen molar-refractivity contribution in [1.82, 2.24) is 0 Å². The average Bonchev–Trinajstić information content (AvgIpc) is 2.11. The maximum atomic E-state index is 11.9. The zero-order valence-electron chi connectivity index (χ0n) is 8.06. The summed E-state index contributed by atoms with van der Waals surface area (Å²) >= 11 is 0. The van der Waals surface area contributed by atoms with Crippen molar-refractivity contribution in [2.75, 3.05) is 14.0 Å². The number of halogens is 1. The molecule has 13 heavy (non-hydrogen) atoms. The summed E-state index contributed by atoms with van der Waals surface area (Å²) in [5, 5.41) is 0. The van der Waals surface area contributed by atoms with Gasteiger partial charge >= 0.3 is 0 Å². The molecule has 0 unspecified atom stereocenters. The van der Waals surface area contributed by atoms with Crippen LogP contribution in [0.2, 0.25) is 0 Å². The summed E-state index contributed by atoms with van der Waals surface area (Å²) in [4.78, 5) is 0. The lowest BCUT2D eigenvalue weighted by atomic mass is 10.1. The van der Waals surface area contributed by atoms with Gasteiger partial charge in [0.15, 0.2) is 0 Å². The van der Waals surface area contributed by atoms with Crippen LogP contribution in [0.15, 0.2) is 12.1 Å². The molecule has 1 aromatic rings. The second-order valence-corrected chi connectivity index (χ2v) is 2.82. The summed E-state index contributed by atoms with van der Waals surface area (Å²) in [5.41, 5.74) is 2.08. The van der Waals surface area contributed by atoms with Gasteiger partial charge in [-0.3, -0.25) is 0 Å². The fraction of sp³-hybridized carbons (Fsp3) is 0.400. The summed E-state index contributed by atoms with van der Waals surface area (Å²) in [7, 11) is 1.58. The van der Waals surface area contributed by atoms with Crippen molar-refractivity contribution in [3.05, 3.63) is 23.3 Å². The Morgan fingerprint density at radius 2 is 2.00 bits per heavy atom. The van der Waals surface area contributed by atoms with Gasteiger partial charge < -0.3 is 9.47 Å². The van der Waals surface area contributed by atoms with Gasteiger partial charge in [0.05, 0.1) is 7.11 Å². The average molecular weight is 184 g/mol. The molecule has 0 heterocycles. The van der Waals surface area contributed by atoms with Crippen LogP contribution in [0, 0.1) is 13.8 Å². The van der Waals surface area contributed by atoms with E-state index in [0.29, 0.717) is 5.75 Å². The van der Waals surface area contributed by atoms with Crippen LogP contribution in [0.3, 0.4) is 0 Å². The van der Waals surface area contributed by atoms with Crippen molar-refractivity contribution < 1.29 is 13.9 Å². The molecule has 0 aromatic heterocycles. The molecule has 0 atom stereocenters. The molecule has 0 saturated heterocycles. The zero-order chi connectivity index (χ0) is 9.84. The predicted octanol–water partition coefficient (Wildman–Crippen LogP) is 2.62. The van der Waals surface area contributed by atoms with E-state index in [0.717, 1.165) is 16.9 Å². The molecule has 0 fully saturated rings. The molecule has 2 nitrogen and oxygen atoms in total. The van der Waals surface area contributed by atoms with E-state index in [9.17, 15) is 4.39 Å². The topological polar surface area (TPSA) is 18.5 Å². The van der Waals surface area contributed by atoms with Crippen LogP contribution in [-0.2, 0) is 0 Å². The number of hydrogen-bond donors (Lipinski definition) is 0. The first kappa shape index (κ1) is 9.84. The number of methoxy groups -OCH3 is 1. The van der Waals surface area contributed by atoms with Crippen molar-refractivity contribution in [2.24, 2.45) is 0 Å². The second kappa shape index (κ2) is 4.12. The minimum absolute atomic E-state index is 0.502. The van der Waals surface area contributed by atoms with E-state index in [1.54, 1.807) is 19.2 Å². The summed E-state index contributed by atoms with van der Waals surface area (Å²) < 4.78 is 21.7. The number of rotatable bonds is 3. The van der Waals surface area contributed by atoms with Gasteiger partial charge in [0, 0.05) is 6.07 Å². The highest BCUT2D eigenvalue weighted by Crippen LogP contribution is 2.27. The summed E-state index contributed by atoms with van der Waals surface area (Å²) in [5.74, 6) is 1.23. The number of alkyl halides is 1. The van der Waals surface area contributed by atoms with Crippen LogP contribution in [0.25, 0.3) is 0 Å². The highest BCUT2D eigenvalue weighted by molar-refractivity contribution is 5.45. The van der Waals surface area contributed by atoms with E-state index in [1.807, 2.05) is 13.8 Å². The van der Waals surface area contributed by atoms with E-state index in [-0.39, 0.29) is 0 Å². The van der Waals surface area contributed by atoms with E-state index in [2.05, 4.69) is 0 Å². The second-order valence-electron chi connectivity index (χ2n) is 2.82. The van der Waals surface area contributed by atoms with Crippen LogP contribution in [0.1, 0.15) is 11.1 Å². The third-order valence-electron chi connectivity index (χ3n) is 2.03. The minimum atomic E-state index is -0.814. The van der Waals surface area contributed by atoms with E-state index >= 15 is 0 Å². The zero-order valence-corrected chi connectivity index (χ0v) is 8.06. The Labute approximate surface area is 77.3 Å². The summed E-state index contributed by atoms with van der Waals surface area (Å²) in [6.07, 6.45) is 0. The van der Waals surface area contributed by atoms with Crippen molar-refractivity contribution in [1.29, 1.82) is 0 Å². The van der Waals surface area contributed by atoms with Gasteiger partial charge in [0.25, 0.3) is 0 Å². The molecule has 0 aliphatic rings. The molecule has 1 rings (SSSR count). The number of benzene rings is 1. The van der Waals surface area contributed by atoms with Gasteiger partial charge in [-0.05, 0) is 31.0 Å². The Morgan fingerprint density at radius 1 is 1.31 bits per heavy atom. The number of ether oxygens (including phenoxy) is 2. The smallest absolute Gasteiger partial charge is 0.228 e. The lowest BCUT2D eigenvalue weighted by Crippen LogP contribution is -1.95. The monoisotopic (exact) mass is 184 g/mol. The molecule has 3 heteroatoms. The molecule has 0 N–H and O–H groups in total. The quantitative estimate of drug-likeness (QED) is 0.718. The molecule has 0 aliphatic carbocycles. The van der Waals surface area contributed by atoms with Crippen molar-refractivity contribution in [3.8, 4) is 11.5 Å². The lowest BCUT2D eigenvalue weighted by molar-refractivity contribution is 0.191. The Bertz CT molecular complexity index is 297. The largest absolute Gasteiger partial charge is 0.496 e. The van der Waals surface area contributed by atoms with Crippen molar-refractivity contribution >= 4 is 0 Å². The van der Waals surface area contributed by atoms with Gasteiger partial charge in [0.2, 0.25) is 6.86 Å². The number of aryl methyl sites for hydroxylation is 1. The molecular formula is C10H13FO2. The minimum Gasteiger partial charge on any atom is -0.496 e. The molecule has 0 bridgehead atoms. The molecule has 0 spiro atoms. The first-order chi connectivity index (χ1) is 6.19. The standard InChI is InChI=1S/C10H13FO2/c1-7-4-9(13-6-11)5-10(12-3)8(7)2/h4-5H,6H2,1-3H3. The Kier molecular flexibility index (Phi) is 3.12. The van der Waals surface area contributed by atoms with E-state index in [1.165, 1.54) is 0 Å². The predicted molar refractivity (Wildman–Crippen MR) is 49.1 cm³/mol. The number of hydrogen-bond acceptors (Lipinski definition) is 2. The molecular weight excluding hydrogens is 171 g/mol. The van der Waals surface area contributed by atoms with Gasteiger partial charge in [-0.1, -0.05) is 0 Å². The van der Waals surface area contributed by atoms with Crippen LogP contribution in [-0.4, -0.2) is 14.0 Å². The van der Waals surface area contributed by atoms with Crippen LogP contribution in [0.4, 0.5) is 4.39 Å². The van der Waals surface area contributed by atoms with Gasteiger partial charge in [-0.25, -0.2) is 4.39 Å². The third-order valence-corrected chi connectivity index (χ3v) is 2.03. The SMILES string of the molecule is COc1cc(OCF)cc(C)c1C. The Morgan fingerprint density at radius 3 is 2.54 bits per heavy atom. The van der Waals surface area contributed by atoms with Crippen molar-refractivity contribution in [2.45, 2.75) is 13.8 Å². The lowest BCUT2D eigenvalue weighted by Gasteiger charge is -2.10. The van der Waals surface area contributed by atoms with E-state index < -0.39 is 6.86 Å². The Balaban J connectivity index is 3.06. The first-order valence-electron chi connectivity index (χ1n) is 4.03. The third kappa shape index (κ3) is 2.11.